The van der Waals surface area contributed by atoms with Crippen molar-refractivity contribution in [3.05, 3.63) is 17.8 Å². The molecule has 1 aromatic rings. The molecular weight excluding hydrogens is 202 g/mol. The number of nitrogens with one attached hydrogen (secondary N) is 1. The van der Waals surface area contributed by atoms with Crippen LogP contribution in [0.3, 0.4) is 0 Å². The smallest absolute Gasteiger partial charge is 0.126 e. The number of anilines is 2. The maximum atomic E-state index is 5.72. The highest BCUT2D eigenvalue weighted by atomic mass is 16.5. The van der Waals surface area contributed by atoms with Crippen molar-refractivity contribution in [1.29, 1.82) is 0 Å². The predicted molar refractivity (Wildman–Crippen MR) is 65.4 cm³/mol. The second kappa shape index (κ2) is 4.70. The molecule has 1 aliphatic rings. The van der Waals surface area contributed by atoms with Crippen LogP contribution in [0.25, 0.3) is 0 Å². The van der Waals surface area contributed by atoms with Crippen molar-refractivity contribution in [1.82, 2.24) is 4.98 Å². The lowest BCUT2D eigenvalue weighted by atomic mass is 9.89. The van der Waals surface area contributed by atoms with E-state index < -0.39 is 0 Å². The fourth-order valence-corrected chi connectivity index (χ4v) is 1.91. The van der Waals surface area contributed by atoms with Gasteiger partial charge in [-0.3, -0.25) is 0 Å². The maximum Gasteiger partial charge on any atom is 0.126 e. The summed E-state index contributed by atoms with van der Waals surface area (Å²) in [7, 11) is 0. The lowest BCUT2D eigenvalue weighted by molar-refractivity contribution is 0.00292. The second-order valence-corrected chi connectivity index (χ2v) is 4.32. The fraction of sp³-hybridized carbons (Fsp3) is 0.583. The molecule has 1 fully saturated rings. The Morgan fingerprint density at radius 2 is 2.31 bits per heavy atom. The first-order valence-electron chi connectivity index (χ1n) is 5.79. The SMILES string of the molecule is CCOC1CC(Nc2cc(C)c(N)cn2)C1. The number of aryl methyl sites for hydroxylation is 1. The monoisotopic (exact) mass is 221 g/mol. The highest BCUT2D eigenvalue weighted by Crippen LogP contribution is 2.26. The van der Waals surface area contributed by atoms with Gasteiger partial charge in [-0.1, -0.05) is 0 Å². The Balaban J connectivity index is 1.84. The topological polar surface area (TPSA) is 60.2 Å². The molecule has 1 heterocycles. The average Bonchev–Trinajstić information content (AvgIpc) is 2.20. The van der Waals surface area contributed by atoms with Gasteiger partial charge in [-0.05, 0) is 38.3 Å². The highest BCUT2D eigenvalue weighted by Gasteiger charge is 2.29. The van der Waals surface area contributed by atoms with E-state index in [9.17, 15) is 0 Å². The van der Waals surface area contributed by atoms with Crippen LogP contribution in [-0.4, -0.2) is 23.7 Å². The fourth-order valence-electron chi connectivity index (χ4n) is 1.91. The molecule has 0 spiro atoms. The number of ether oxygens (including phenoxy) is 1. The number of rotatable bonds is 4. The van der Waals surface area contributed by atoms with E-state index in [1.807, 2.05) is 19.9 Å². The molecule has 0 saturated heterocycles. The number of hydrogen-bond donors (Lipinski definition) is 2. The summed E-state index contributed by atoms with van der Waals surface area (Å²) in [6.45, 7) is 4.83. The molecule has 88 valence electrons. The number of nitrogens with zero attached hydrogens (tertiary/aromatic N) is 1. The van der Waals surface area contributed by atoms with Gasteiger partial charge in [0.2, 0.25) is 0 Å². The molecule has 4 nitrogen and oxygen atoms in total. The molecule has 1 saturated carbocycles. The normalized spacial score (nSPS) is 23.9. The number of hydrogen-bond acceptors (Lipinski definition) is 4. The number of nitrogens with two attached hydrogens (primary N) is 1. The zero-order valence-corrected chi connectivity index (χ0v) is 9.86. The summed E-state index contributed by atoms with van der Waals surface area (Å²) in [6, 6.07) is 2.48. The summed E-state index contributed by atoms with van der Waals surface area (Å²) in [4.78, 5) is 4.26. The van der Waals surface area contributed by atoms with Crippen molar-refractivity contribution in [2.45, 2.75) is 38.8 Å². The Morgan fingerprint density at radius 1 is 1.56 bits per heavy atom. The minimum atomic E-state index is 0.428. The second-order valence-electron chi connectivity index (χ2n) is 4.32. The van der Waals surface area contributed by atoms with Gasteiger partial charge in [0.25, 0.3) is 0 Å². The van der Waals surface area contributed by atoms with Gasteiger partial charge in [-0.25, -0.2) is 4.98 Å². The predicted octanol–water partition coefficient (Wildman–Crippen LogP) is 1.95. The van der Waals surface area contributed by atoms with E-state index in [0.29, 0.717) is 12.1 Å². The van der Waals surface area contributed by atoms with E-state index in [0.717, 1.165) is 36.5 Å². The van der Waals surface area contributed by atoms with Crippen molar-refractivity contribution in [2.75, 3.05) is 17.7 Å². The summed E-state index contributed by atoms with van der Waals surface area (Å²) in [6.07, 6.45) is 4.27. The van der Waals surface area contributed by atoms with Crippen LogP contribution in [0.5, 0.6) is 0 Å². The molecule has 1 aliphatic carbocycles. The minimum Gasteiger partial charge on any atom is -0.397 e. The van der Waals surface area contributed by atoms with Crippen LogP contribution in [0.15, 0.2) is 12.3 Å². The summed E-state index contributed by atoms with van der Waals surface area (Å²) in [5.41, 5.74) is 7.53. The Hall–Kier alpha value is -1.29. The molecule has 0 unspecified atom stereocenters. The molecule has 0 aliphatic heterocycles. The Morgan fingerprint density at radius 3 is 2.94 bits per heavy atom. The molecule has 0 amide bonds. The molecule has 4 heteroatoms. The van der Waals surface area contributed by atoms with Crippen molar-refractivity contribution in [3.63, 3.8) is 0 Å². The molecule has 0 aromatic carbocycles. The van der Waals surface area contributed by atoms with Crippen LogP contribution in [0.4, 0.5) is 11.5 Å². The maximum absolute atomic E-state index is 5.72. The molecular formula is C12H19N3O. The van der Waals surface area contributed by atoms with E-state index in [2.05, 4.69) is 10.3 Å². The largest absolute Gasteiger partial charge is 0.397 e. The third-order valence-corrected chi connectivity index (χ3v) is 3.00. The first-order valence-corrected chi connectivity index (χ1v) is 5.79. The summed E-state index contributed by atoms with van der Waals surface area (Å²) in [5, 5.41) is 3.39. The number of aromatic nitrogens is 1. The van der Waals surface area contributed by atoms with E-state index in [1.165, 1.54) is 0 Å². The molecule has 0 bridgehead atoms. The summed E-state index contributed by atoms with van der Waals surface area (Å²) in [5.74, 6) is 0.909. The molecule has 0 atom stereocenters. The van der Waals surface area contributed by atoms with Crippen LogP contribution < -0.4 is 11.1 Å². The van der Waals surface area contributed by atoms with Crippen molar-refractivity contribution < 1.29 is 4.74 Å². The van der Waals surface area contributed by atoms with Gasteiger partial charge in [0, 0.05) is 12.6 Å². The van der Waals surface area contributed by atoms with Gasteiger partial charge in [0.15, 0.2) is 0 Å². The molecule has 2 rings (SSSR count). The van der Waals surface area contributed by atoms with Gasteiger partial charge >= 0.3 is 0 Å². The quantitative estimate of drug-likeness (QED) is 0.816. The molecule has 16 heavy (non-hydrogen) atoms. The first kappa shape index (κ1) is 11.2. The van der Waals surface area contributed by atoms with E-state index in [4.69, 9.17) is 10.5 Å². The van der Waals surface area contributed by atoms with E-state index in [1.54, 1.807) is 6.20 Å². The minimum absolute atomic E-state index is 0.428. The number of nitrogen functional groups attached to an aromatic ring is 1. The summed E-state index contributed by atoms with van der Waals surface area (Å²) >= 11 is 0. The van der Waals surface area contributed by atoms with Crippen molar-refractivity contribution >= 4 is 11.5 Å². The van der Waals surface area contributed by atoms with Crippen LogP contribution in [0.1, 0.15) is 25.3 Å². The van der Waals surface area contributed by atoms with Gasteiger partial charge in [0.05, 0.1) is 18.0 Å². The van der Waals surface area contributed by atoms with Crippen LogP contribution in [0.2, 0.25) is 0 Å². The average molecular weight is 221 g/mol. The number of pyridine rings is 1. The van der Waals surface area contributed by atoms with Gasteiger partial charge in [-0.2, -0.15) is 0 Å². The standard InChI is InChI=1S/C12H19N3O/c1-3-16-10-5-9(6-10)15-12-4-8(2)11(13)7-14-12/h4,7,9-10H,3,5-6,13H2,1-2H3,(H,14,15). The molecule has 1 aromatic heterocycles. The van der Waals surface area contributed by atoms with Gasteiger partial charge in [-0.15, -0.1) is 0 Å². The molecule has 0 radical (unpaired) electrons. The summed E-state index contributed by atoms with van der Waals surface area (Å²) < 4.78 is 5.51. The Bertz CT molecular complexity index is 361. The van der Waals surface area contributed by atoms with Gasteiger partial charge in [0.1, 0.15) is 5.82 Å². The van der Waals surface area contributed by atoms with Crippen molar-refractivity contribution in [3.8, 4) is 0 Å². The Kier molecular flexibility index (Phi) is 3.29. The van der Waals surface area contributed by atoms with Crippen LogP contribution in [-0.2, 0) is 4.74 Å². The third-order valence-electron chi connectivity index (χ3n) is 3.00. The highest BCUT2D eigenvalue weighted by molar-refractivity contribution is 5.51. The van der Waals surface area contributed by atoms with Crippen LogP contribution in [0, 0.1) is 6.92 Å². The molecule has 3 N–H and O–H groups in total. The first-order chi connectivity index (χ1) is 7.69. The lowest BCUT2D eigenvalue weighted by Crippen LogP contribution is -2.41. The van der Waals surface area contributed by atoms with E-state index in [-0.39, 0.29) is 0 Å². The van der Waals surface area contributed by atoms with E-state index >= 15 is 0 Å². The van der Waals surface area contributed by atoms with Gasteiger partial charge < -0.3 is 15.8 Å². The van der Waals surface area contributed by atoms with Crippen molar-refractivity contribution in [2.24, 2.45) is 0 Å². The lowest BCUT2D eigenvalue weighted by Gasteiger charge is -2.35. The zero-order valence-electron chi connectivity index (χ0n) is 9.86. The van der Waals surface area contributed by atoms with Crippen LogP contribution >= 0.6 is 0 Å². The zero-order chi connectivity index (χ0) is 11.5. The Labute approximate surface area is 96.2 Å². The third kappa shape index (κ3) is 2.44.